The largest absolute Gasteiger partial charge is 0.390 e. The van der Waals surface area contributed by atoms with Crippen LogP contribution < -0.4 is 5.56 Å². The second-order valence-electron chi connectivity index (χ2n) is 5.07. The average Bonchev–Trinajstić information content (AvgIpc) is 2.37. The van der Waals surface area contributed by atoms with Gasteiger partial charge in [0.1, 0.15) is 5.65 Å². The van der Waals surface area contributed by atoms with Crippen molar-refractivity contribution in [3.8, 4) is 0 Å². The quantitative estimate of drug-likeness (QED) is 0.870. The summed E-state index contributed by atoms with van der Waals surface area (Å²) in [6, 6.07) is 4.94. The van der Waals surface area contributed by atoms with Crippen molar-refractivity contribution in [3.05, 3.63) is 46.0 Å². The number of hydrogen-bond acceptors (Lipinski definition) is 3. The topological polar surface area (TPSA) is 37.6 Å². The van der Waals surface area contributed by atoms with E-state index in [0.717, 1.165) is 5.56 Å². The van der Waals surface area contributed by atoms with Gasteiger partial charge in [0.05, 0.1) is 12.1 Å². The molecule has 0 unspecified atom stereocenters. The predicted molar refractivity (Wildman–Crippen MR) is 73.2 cm³/mol. The number of fused-ring (bicyclic) bond motifs is 1. The van der Waals surface area contributed by atoms with Gasteiger partial charge in [-0.2, -0.15) is 13.2 Å². The number of halogens is 3. The van der Waals surface area contributed by atoms with Crippen molar-refractivity contribution in [2.45, 2.75) is 26.1 Å². The van der Waals surface area contributed by atoms with Crippen molar-refractivity contribution in [2.24, 2.45) is 0 Å². The highest BCUT2D eigenvalue weighted by Crippen LogP contribution is 2.19. The number of alkyl halides is 3. The Morgan fingerprint density at radius 2 is 2.10 bits per heavy atom. The van der Waals surface area contributed by atoms with Crippen LogP contribution in [0.25, 0.3) is 5.65 Å². The lowest BCUT2D eigenvalue weighted by atomic mass is 10.2. The Morgan fingerprint density at radius 1 is 1.38 bits per heavy atom. The molecule has 0 bridgehead atoms. The highest BCUT2D eigenvalue weighted by Gasteiger charge is 2.27. The number of nitrogens with zero attached hydrogens (tertiary/aromatic N) is 3. The molecule has 114 valence electrons. The zero-order valence-electron chi connectivity index (χ0n) is 11.8. The third kappa shape index (κ3) is 4.04. The second-order valence-corrected chi connectivity index (χ2v) is 5.07. The SMILES string of the molecule is Cc1cccn2c(=O)cc(CN(C)CCC(F)(F)F)nc12. The van der Waals surface area contributed by atoms with E-state index in [0.29, 0.717) is 11.3 Å². The van der Waals surface area contributed by atoms with Crippen LogP contribution in [0.4, 0.5) is 13.2 Å². The number of pyridine rings is 1. The van der Waals surface area contributed by atoms with E-state index in [1.165, 1.54) is 15.4 Å². The molecule has 0 aromatic carbocycles. The van der Waals surface area contributed by atoms with Gasteiger partial charge >= 0.3 is 6.18 Å². The fraction of sp³-hybridized carbons (Fsp3) is 0.429. The van der Waals surface area contributed by atoms with Gasteiger partial charge in [-0.25, -0.2) is 4.98 Å². The molecular formula is C14H16F3N3O. The molecule has 0 aliphatic heterocycles. The monoisotopic (exact) mass is 299 g/mol. The van der Waals surface area contributed by atoms with Gasteiger partial charge in [-0.3, -0.25) is 9.20 Å². The van der Waals surface area contributed by atoms with Crippen LogP contribution in [-0.2, 0) is 6.54 Å². The van der Waals surface area contributed by atoms with Crippen LogP contribution in [0.2, 0.25) is 0 Å². The van der Waals surface area contributed by atoms with Crippen molar-refractivity contribution in [1.29, 1.82) is 0 Å². The van der Waals surface area contributed by atoms with Crippen molar-refractivity contribution in [3.63, 3.8) is 0 Å². The normalized spacial score (nSPS) is 12.3. The molecule has 0 fully saturated rings. The standard InChI is InChI=1S/C14H16F3N3O/c1-10-4-3-6-20-12(21)8-11(18-13(10)20)9-19(2)7-5-14(15,16)17/h3-4,6,8H,5,7,9H2,1-2H3. The minimum atomic E-state index is -4.18. The summed E-state index contributed by atoms with van der Waals surface area (Å²) in [4.78, 5) is 17.8. The molecule has 21 heavy (non-hydrogen) atoms. The fourth-order valence-electron chi connectivity index (χ4n) is 2.06. The number of aryl methyl sites for hydroxylation is 1. The van der Waals surface area contributed by atoms with Gasteiger partial charge in [0.15, 0.2) is 0 Å². The molecule has 0 saturated carbocycles. The first-order chi connectivity index (χ1) is 9.76. The Morgan fingerprint density at radius 3 is 2.76 bits per heavy atom. The summed E-state index contributed by atoms with van der Waals surface area (Å²) in [5.74, 6) is 0. The molecular weight excluding hydrogens is 283 g/mol. The molecule has 7 heteroatoms. The summed E-state index contributed by atoms with van der Waals surface area (Å²) < 4.78 is 38.0. The third-order valence-electron chi connectivity index (χ3n) is 3.15. The van der Waals surface area contributed by atoms with E-state index in [2.05, 4.69) is 4.98 Å². The molecule has 0 aliphatic rings. The van der Waals surface area contributed by atoms with E-state index in [-0.39, 0.29) is 18.6 Å². The van der Waals surface area contributed by atoms with Crippen molar-refractivity contribution >= 4 is 5.65 Å². The van der Waals surface area contributed by atoms with Crippen LogP contribution in [-0.4, -0.2) is 34.1 Å². The Labute approximate surface area is 119 Å². The molecule has 0 saturated heterocycles. The van der Waals surface area contributed by atoms with Gasteiger partial charge in [-0.15, -0.1) is 0 Å². The summed E-state index contributed by atoms with van der Waals surface area (Å²) in [7, 11) is 1.58. The van der Waals surface area contributed by atoms with E-state index in [9.17, 15) is 18.0 Å². The lowest BCUT2D eigenvalue weighted by molar-refractivity contribution is -0.137. The lowest BCUT2D eigenvalue weighted by Crippen LogP contribution is -2.26. The summed E-state index contributed by atoms with van der Waals surface area (Å²) >= 11 is 0. The van der Waals surface area contributed by atoms with E-state index < -0.39 is 12.6 Å². The molecule has 0 atom stereocenters. The summed E-state index contributed by atoms with van der Waals surface area (Å²) in [6.45, 7) is 1.91. The smallest absolute Gasteiger partial charge is 0.300 e. The molecule has 2 rings (SSSR count). The first-order valence-corrected chi connectivity index (χ1v) is 6.49. The summed E-state index contributed by atoms with van der Waals surface area (Å²) in [5.41, 5.74) is 1.61. The first-order valence-electron chi connectivity index (χ1n) is 6.49. The van der Waals surface area contributed by atoms with Crippen molar-refractivity contribution in [1.82, 2.24) is 14.3 Å². The zero-order valence-corrected chi connectivity index (χ0v) is 11.8. The fourth-order valence-corrected chi connectivity index (χ4v) is 2.06. The molecule has 0 N–H and O–H groups in total. The Balaban J connectivity index is 2.20. The summed E-state index contributed by atoms with van der Waals surface area (Å²) in [5, 5.41) is 0. The molecule has 0 spiro atoms. The average molecular weight is 299 g/mol. The number of aromatic nitrogens is 2. The Bertz CT molecular complexity index is 694. The molecule has 0 aliphatic carbocycles. The van der Waals surface area contributed by atoms with Crippen LogP contribution in [0, 0.1) is 6.92 Å². The van der Waals surface area contributed by atoms with Crippen LogP contribution in [0.1, 0.15) is 17.7 Å². The minimum absolute atomic E-state index is 0.127. The van der Waals surface area contributed by atoms with Gasteiger partial charge in [0, 0.05) is 25.4 Å². The first kappa shape index (κ1) is 15.5. The molecule has 0 radical (unpaired) electrons. The Kier molecular flexibility index (Phi) is 4.32. The van der Waals surface area contributed by atoms with E-state index in [1.807, 2.05) is 13.0 Å². The molecule has 2 heterocycles. The predicted octanol–water partition coefficient (Wildman–Crippen LogP) is 2.39. The van der Waals surface area contributed by atoms with E-state index in [4.69, 9.17) is 0 Å². The van der Waals surface area contributed by atoms with Gasteiger partial charge in [-0.1, -0.05) is 6.07 Å². The molecule has 2 aromatic heterocycles. The number of hydrogen-bond donors (Lipinski definition) is 0. The Hall–Kier alpha value is -1.89. The second kappa shape index (κ2) is 5.85. The van der Waals surface area contributed by atoms with Crippen LogP contribution in [0.5, 0.6) is 0 Å². The van der Waals surface area contributed by atoms with Gasteiger partial charge in [0.2, 0.25) is 0 Å². The third-order valence-corrected chi connectivity index (χ3v) is 3.15. The molecule has 0 amide bonds. The maximum absolute atomic E-state index is 12.2. The summed E-state index contributed by atoms with van der Waals surface area (Å²) in [6.07, 6.45) is -3.44. The molecule has 2 aromatic rings. The highest BCUT2D eigenvalue weighted by atomic mass is 19.4. The minimum Gasteiger partial charge on any atom is -0.300 e. The van der Waals surface area contributed by atoms with E-state index >= 15 is 0 Å². The van der Waals surface area contributed by atoms with Crippen LogP contribution in [0.3, 0.4) is 0 Å². The molecule has 4 nitrogen and oxygen atoms in total. The van der Waals surface area contributed by atoms with Crippen molar-refractivity contribution < 1.29 is 13.2 Å². The van der Waals surface area contributed by atoms with E-state index in [1.54, 1.807) is 19.3 Å². The lowest BCUT2D eigenvalue weighted by Gasteiger charge is -2.17. The maximum atomic E-state index is 12.2. The van der Waals surface area contributed by atoms with Crippen molar-refractivity contribution in [2.75, 3.05) is 13.6 Å². The van der Waals surface area contributed by atoms with Gasteiger partial charge in [0.25, 0.3) is 5.56 Å². The highest BCUT2D eigenvalue weighted by molar-refractivity contribution is 5.46. The van der Waals surface area contributed by atoms with Crippen LogP contribution >= 0.6 is 0 Å². The van der Waals surface area contributed by atoms with Crippen LogP contribution in [0.15, 0.2) is 29.2 Å². The van der Waals surface area contributed by atoms with Gasteiger partial charge in [-0.05, 0) is 25.6 Å². The van der Waals surface area contributed by atoms with Gasteiger partial charge < -0.3 is 4.90 Å². The maximum Gasteiger partial charge on any atom is 0.390 e. The zero-order chi connectivity index (χ0) is 15.6. The number of rotatable bonds is 4.